The third-order valence-electron chi connectivity index (χ3n) is 3.92. The predicted molar refractivity (Wildman–Crippen MR) is 91.6 cm³/mol. The molecule has 5 N–H and O–H groups in total. The van der Waals surface area contributed by atoms with Crippen molar-refractivity contribution < 1.29 is 29.6 Å². The molecule has 1 heterocycles. The Morgan fingerprint density at radius 1 is 1.32 bits per heavy atom. The molecule has 0 saturated carbocycles. The normalized spacial score (nSPS) is 23.6. The maximum Gasteiger partial charge on any atom is 0.252 e. The van der Waals surface area contributed by atoms with Crippen molar-refractivity contribution in [3.8, 4) is 0 Å². The molecule has 1 saturated heterocycles. The van der Waals surface area contributed by atoms with E-state index in [4.69, 9.17) is 4.74 Å². The minimum Gasteiger partial charge on any atom is -0.387 e. The van der Waals surface area contributed by atoms with Crippen LogP contribution in [-0.2, 0) is 14.3 Å². The lowest BCUT2D eigenvalue weighted by Crippen LogP contribution is -2.57. The van der Waals surface area contributed by atoms with Crippen molar-refractivity contribution in [3.63, 3.8) is 0 Å². The SMILES string of the molecule is CO[C@@H](C(=O)NC1CCCNC1=O)[C@H](O)[C@@H](O)[C@H](O)C=CC(C)(C)C. The summed E-state index contributed by atoms with van der Waals surface area (Å²) in [6.07, 6.45) is -1.76. The number of aliphatic hydroxyl groups excluding tert-OH is 3. The Morgan fingerprint density at radius 2 is 1.96 bits per heavy atom. The van der Waals surface area contributed by atoms with Gasteiger partial charge in [-0.2, -0.15) is 0 Å². The van der Waals surface area contributed by atoms with Crippen LogP contribution < -0.4 is 10.6 Å². The van der Waals surface area contributed by atoms with Gasteiger partial charge in [-0.1, -0.05) is 32.9 Å². The third-order valence-corrected chi connectivity index (χ3v) is 3.92. The van der Waals surface area contributed by atoms with Crippen molar-refractivity contribution >= 4 is 11.8 Å². The van der Waals surface area contributed by atoms with Crippen LogP contribution in [0, 0.1) is 5.41 Å². The zero-order valence-electron chi connectivity index (χ0n) is 15.2. The van der Waals surface area contributed by atoms with Crippen molar-refractivity contribution in [2.45, 2.75) is 64.1 Å². The van der Waals surface area contributed by atoms with Gasteiger partial charge >= 0.3 is 0 Å². The van der Waals surface area contributed by atoms with Crippen LogP contribution in [0.2, 0.25) is 0 Å². The van der Waals surface area contributed by atoms with Crippen molar-refractivity contribution in [2.24, 2.45) is 5.41 Å². The number of methoxy groups -OCH3 is 1. The zero-order valence-corrected chi connectivity index (χ0v) is 15.2. The van der Waals surface area contributed by atoms with Gasteiger partial charge in [0.1, 0.15) is 24.4 Å². The molecular formula is C17H30N2O6. The summed E-state index contributed by atoms with van der Waals surface area (Å²) in [4.78, 5) is 24.0. The number of allylic oxidation sites excluding steroid dienone is 1. The summed E-state index contributed by atoms with van der Waals surface area (Å²) in [5, 5.41) is 35.5. The lowest BCUT2D eigenvalue weighted by Gasteiger charge is -2.29. The van der Waals surface area contributed by atoms with Gasteiger partial charge < -0.3 is 30.7 Å². The van der Waals surface area contributed by atoms with Crippen LogP contribution in [-0.4, -0.2) is 71.2 Å². The number of carbonyl (C=O) groups is 2. The van der Waals surface area contributed by atoms with E-state index in [1.165, 1.54) is 13.2 Å². The first kappa shape index (κ1) is 21.6. The fourth-order valence-corrected chi connectivity index (χ4v) is 2.45. The van der Waals surface area contributed by atoms with Crippen LogP contribution in [0.1, 0.15) is 33.6 Å². The first-order valence-electron chi connectivity index (χ1n) is 8.41. The monoisotopic (exact) mass is 358 g/mol. The lowest BCUT2D eigenvalue weighted by molar-refractivity contribution is -0.151. The van der Waals surface area contributed by atoms with E-state index in [9.17, 15) is 24.9 Å². The second kappa shape index (κ2) is 9.28. The number of hydrogen-bond donors (Lipinski definition) is 5. The molecule has 1 aliphatic heterocycles. The third kappa shape index (κ3) is 6.74. The number of nitrogens with one attached hydrogen (secondary N) is 2. The van der Waals surface area contributed by atoms with Gasteiger partial charge in [0.05, 0.1) is 0 Å². The standard InChI is InChI=1S/C17H30N2O6/c1-17(2,3)8-7-11(20)12(21)13(22)14(25-4)16(24)19-10-6-5-9-18-15(10)23/h7-8,10-14,20-22H,5-6,9H2,1-4H3,(H,18,23)(H,19,24)/t10?,11-,12+,13-,14-/m1/s1. The highest BCUT2D eigenvalue weighted by Crippen LogP contribution is 2.17. The van der Waals surface area contributed by atoms with E-state index < -0.39 is 36.4 Å². The van der Waals surface area contributed by atoms with Crippen molar-refractivity contribution in [1.82, 2.24) is 10.6 Å². The van der Waals surface area contributed by atoms with Gasteiger partial charge in [-0.05, 0) is 18.3 Å². The number of carbonyl (C=O) groups excluding carboxylic acids is 2. The number of ether oxygens (including phenoxy) is 1. The van der Waals surface area contributed by atoms with Gasteiger partial charge in [0.15, 0.2) is 6.10 Å². The Bertz CT molecular complexity index is 488. The van der Waals surface area contributed by atoms with Gasteiger partial charge in [-0.25, -0.2) is 0 Å². The van der Waals surface area contributed by atoms with Gasteiger partial charge in [0, 0.05) is 13.7 Å². The Kier molecular flexibility index (Phi) is 8.01. The average molecular weight is 358 g/mol. The van der Waals surface area contributed by atoms with E-state index in [1.807, 2.05) is 20.8 Å². The number of piperidine rings is 1. The number of rotatable bonds is 7. The van der Waals surface area contributed by atoms with Crippen LogP contribution in [0.5, 0.6) is 0 Å². The molecule has 25 heavy (non-hydrogen) atoms. The average Bonchev–Trinajstić information content (AvgIpc) is 2.53. The Balaban J connectivity index is 2.71. The van der Waals surface area contributed by atoms with Crippen LogP contribution in [0.4, 0.5) is 0 Å². The quantitative estimate of drug-likeness (QED) is 0.375. The molecule has 5 atom stereocenters. The molecule has 8 heteroatoms. The van der Waals surface area contributed by atoms with E-state index in [0.29, 0.717) is 13.0 Å². The summed E-state index contributed by atoms with van der Waals surface area (Å²) < 4.78 is 4.98. The maximum atomic E-state index is 12.3. The van der Waals surface area contributed by atoms with Crippen LogP contribution in [0.15, 0.2) is 12.2 Å². The molecule has 1 fully saturated rings. The highest BCUT2D eigenvalue weighted by molar-refractivity contribution is 5.90. The fourth-order valence-electron chi connectivity index (χ4n) is 2.45. The molecule has 0 radical (unpaired) electrons. The summed E-state index contributed by atoms with van der Waals surface area (Å²) in [6.45, 7) is 6.31. The molecule has 0 spiro atoms. The largest absolute Gasteiger partial charge is 0.387 e. The minimum atomic E-state index is -1.66. The summed E-state index contributed by atoms with van der Waals surface area (Å²) in [7, 11) is 1.21. The van der Waals surface area contributed by atoms with E-state index in [0.717, 1.165) is 6.42 Å². The Hall–Kier alpha value is -1.48. The van der Waals surface area contributed by atoms with Crippen LogP contribution in [0.3, 0.4) is 0 Å². The topological polar surface area (TPSA) is 128 Å². The molecular weight excluding hydrogens is 328 g/mol. The second-order valence-corrected chi connectivity index (χ2v) is 7.35. The second-order valence-electron chi connectivity index (χ2n) is 7.35. The molecule has 0 aliphatic carbocycles. The summed E-state index contributed by atoms with van der Waals surface area (Å²) in [5.74, 6) is -1.01. The smallest absolute Gasteiger partial charge is 0.252 e. The molecule has 2 amide bonds. The molecule has 0 aromatic rings. The Morgan fingerprint density at radius 3 is 2.48 bits per heavy atom. The summed E-state index contributed by atoms with van der Waals surface area (Å²) >= 11 is 0. The van der Waals surface area contributed by atoms with E-state index in [2.05, 4.69) is 10.6 Å². The number of amides is 2. The van der Waals surface area contributed by atoms with Crippen molar-refractivity contribution in [1.29, 1.82) is 0 Å². The zero-order chi connectivity index (χ0) is 19.2. The van der Waals surface area contributed by atoms with Gasteiger partial charge in [0.2, 0.25) is 5.91 Å². The van der Waals surface area contributed by atoms with Gasteiger partial charge in [-0.15, -0.1) is 0 Å². The minimum absolute atomic E-state index is 0.210. The summed E-state index contributed by atoms with van der Waals surface area (Å²) in [5.41, 5.74) is -0.210. The van der Waals surface area contributed by atoms with E-state index >= 15 is 0 Å². The first-order valence-corrected chi connectivity index (χ1v) is 8.41. The van der Waals surface area contributed by atoms with E-state index in [1.54, 1.807) is 6.08 Å². The molecule has 144 valence electrons. The highest BCUT2D eigenvalue weighted by atomic mass is 16.5. The molecule has 1 rings (SSSR count). The molecule has 1 unspecified atom stereocenters. The predicted octanol–water partition coefficient (Wildman–Crippen LogP) is -0.919. The molecule has 0 aromatic heterocycles. The van der Waals surface area contributed by atoms with Gasteiger partial charge in [0.25, 0.3) is 5.91 Å². The molecule has 1 aliphatic rings. The van der Waals surface area contributed by atoms with Crippen molar-refractivity contribution in [3.05, 3.63) is 12.2 Å². The van der Waals surface area contributed by atoms with E-state index in [-0.39, 0.29) is 11.3 Å². The summed E-state index contributed by atoms with van der Waals surface area (Å²) in [6, 6.07) is -0.700. The first-order chi connectivity index (χ1) is 11.6. The fraction of sp³-hybridized carbons (Fsp3) is 0.765. The van der Waals surface area contributed by atoms with Crippen LogP contribution >= 0.6 is 0 Å². The van der Waals surface area contributed by atoms with Crippen molar-refractivity contribution in [2.75, 3.05) is 13.7 Å². The number of hydrogen-bond acceptors (Lipinski definition) is 6. The molecule has 0 bridgehead atoms. The number of aliphatic hydroxyl groups is 3. The Labute approximate surface area is 148 Å². The van der Waals surface area contributed by atoms with Crippen LogP contribution in [0.25, 0.3) is 0 Å². The molecule has 0 aromatic carbocycles. The molecule has 8 nitrogen and oxygen atoms in total. The highest BCUT2D eigenvalue weighted by Gasteiger charge is 2.37. The van der Waals surface area contributed by atoms with Gasteiger partial charge in [-0.3, -0.25) is 9.59 Å². The maximum absolute atomic E-state index is 12.3. The lowest BCUT2D eigenvalue weighted by atomic mass is 9.94.